The van der Waals surface area contributed by atoms with E-state index in [9.17, 15) is 0 Å². The molecule has 0 aliphatic rings. The Morgan fingerprint density at radius 1 is 1.14 bits per heavy atom. The number of para-hydroxylation sites is 1. The van der Waals surface area contributed by atoms with E-state index in [-0.39, 0.29) is 6.04 Å². The maximum absolute atomic E-state index is 4.31. The molecule has 0 radical (unpaired) electrons. The molecule has 5 heteroatoms. The standard InChI is InChI=1S/C17H19N5/c1-14(21(2)12-15-7-6-10-18-11-15)17-13-22(20-19-17)16-8-4-3-5-9-16/h3-11,13-14H,12H2,1-2H3/t14-/m0/s1. The number of hydrogen-bond acceptors (Lipinski definition) is 4. The first-order valence-electron chi connectivity index (χ1n) is 7.31. The smallest absolute Gasteiger partial charge is 0.1000 e. The maximum atomic E-state index is 4.31. The molecule has 112 valence electrons. The number of aromatic nitrogens is 4. The molecule has 22 heavy (non-hydrogen) atoms. The summed E-state index contributed by atoms with van der Waals surface area (Å²) in [5.41, 5.74) is 3.16. The van der Waals surface area contributed by atoms with Gasteiger partial charge in [-0.3, -0.25) is 9.88 Å². The van der Waals surface area contributed by atoms with Gasteiger partial charge >= 0.3 is 0 Å². The zero-order valence-electron chi connectivity index (χ0n) is 12.8. The Kier molecular flexibility index (Phi) is 4.25. The van der Waals surface area contributed by atoms with Gasteiger partial charge in [0, 0.05) is 18.9 Å². The average molecular weight is 293 g/mol. The van der Waals surface area contributed by atoms with Crippen molar-refractivity contribution >= 4 is 0 Å². The lowest BCUT2D eigenvalue weighted by Gasteiger charge is -2.22. The summed E-state index contributed by atoms with van der Waals surface area (Å²) in [5, 5.41) is 8.54. The average Bonchev–Trinajstić information content (AvgIpc) is 3.06. The van der Waals surface area contributed by atoms with Crippen molar-refractivity contribution in [1.82, 2.24) is 24.9 Å². The summed E-state index contributed by atoms with van der Waals surface area (Å²) in [6, 6.07) is 14.2. The second kappa shape index (κ2) is 6.49. The van der Waals surface area contributed by atoms with Crippen molar-refractivity contribution < 1.29 is 0 Å². The fraction of sp³-hybridized carbons (Fsp3) is 0.235. The Bertz CT molecular complexity index is 708. The minimum atomic E-state index is 0.178. The normalized spacial score (nSPS) is 12.5. The van der Waals surface area contributed by atoms with Gasteiger partial charge in [-0.2, -0.15) is 0 Å². The summed E-state index contributed by atoms with van der Waals surface area (Å²) in [4.78, 5) is 6.39. The zero-order valence-corrected chi connectivity index (χ0v) is 12.8. The minimum Gasteiger partial charge on any atom is -0.294 e. The van der Waals surface area contributed by atoms with E-state index >= 15 is 0 Å². The Labute approximate surface area is 130 Å². The molecule has 1 atom stereocenters. The summed E-state index contributed by atoms with van der Waals surface area (Å²) < 4.78 is 1.81. The largest absolute Gasteiger partial charge is 0.294 e. The van der Waals surface area contributed by atoms with Gasteiger partial charge in [0.25, 0.3) is 0 Å². The molecule has 2 heterocycles. The molecule has 5 nitrogen and oxygen atoms in total. The van der Waals surface area contributed by atoms with Crippen molar-refractivity contribution in [1.29, 1.82) is 0 Å². The summed E-state index contributed by atoms with van der Waals surface area (Å²) in [6.07, 6.45) is 5.67. The lowest BCUT2D eigenvalue weighted by molar-refractivity contribution is 0.248. The van der Waals surface area contributed by atoms with Crippen LogP contribution in [0.5, 0.6) is 0 Å². The second-order valence-electron chi connectivity index (χ2n) is 5.38. The molecule has 0 N–H and O–H groups in total. The van der Waals surface area contributed by atoms with Gasteiger partial charge in [0.05, 0.1) is 23.6 Å². The lowest BCUT2D eigenvalue weighted by Crippen LogP contribution is -2.22. The SMILES string of the molecule is C[C@@H](c1cn(-c2ccccc2)nn1)N(C)Cc1cccnc1. The van der Waals surface area contributed by atoms with Gasteiger partial charge in [0.1, 0.15) is 0 Å². The lowest BCUT2D eigenvalue weighted by atomic mass is 10.2. The van der Waals surface area contributed by atoms with Crippen LogP contribution in [0.15, 0.2) is 61.1 Å². The number of pyridine rings is 1. The quantitative estimate of drug-likeness (QED) is 0.725. The first-order valence-corrected chi connectivity index (χ1v) is 7.31. The molecular weight excluding hydrogens is 274 g/mol. The first-order chi connectivity index (χ1) is 10.7. The molecule has 2 aromatic heterocycles. The molecule has 3 aromatic rings. The van der Waals surface area contributed by atoms with Gasteiger partial charge in [0.15, 0.2) is 0 Å². The van der Waals surface area contributed by atoms with E-state index in [2.05, 4.69) is 40.2 Å². The topological polar surface area (TPSA) is 46.8 Å². The Morgan fingerprint density at radius 3 is 2.68 bits per heavy atom. The highest BCUT2D eigenvalue weighted by molar-refractivity contribution is 5.30. The Morgan fingerprint density at radius 2 is 1.95 bits per heavy atom. The number of benzene rings is 1. The molecule has 1 aromatic carbocycles. The van der Waals surface area contributed by atoms with E-state index < -0.39 is 0 Å². The van der Waals surface area contributed by atoms with Crippen molar-refractivity contribution in [2.24, 2.45) is 0 Å². The van der Waals surface area contributed by atoms with Crippen molar-refractivity contribution in [2.75, 3.05) is 7.05 Å². The number of rotatable bonds is 5. The predicted octanol–water partition coefficient (Wildman–Crippen LogP) is 2.86. The van der Waals surface area contributed by atoms with Crippen LogP contribution in [0.2, 0.25) is 0 Å². The molecule has 0 aliphatic heterocycles. The molecule has 0 spiro atoms. The van der Waals surface area contributed by atoms with Crippen LogP contribution < -0.4 is 0 Å². The van der Waals surface area contributed by atoms with Crippen LogP contribution >= 0.6 is 0 Å². The van der Waals surface area contributed by atoms with Crippen LogP contribution in [0.3, 0.4) is 0 Å². The summed E-state index contributed by atoms with van der Waals surface area (Å²) in [6.45, 7) is 2.96. The third kappa shape index (κ3) is 3.20. The maximum Gasteiger partial charge on any atom is 0.1000 e. The highest BCUT2D eigenvalue weighted by Crippen LogP contribution is 2.19. The van der Waals surface area contributed by atoms with Crippen LogP contribution in [0, 0.1) is 0 Å². The molecule has 0 saturated carbocycles. The van der Waals surface area contributed by atoms with Crippen LogP contribution in [-0.2, 0) is 6.54 Å². The number of hydrogen-bond donors (Lipinski definition) is 0. The molecular formula is C17H19N5. The predicted molar refractivity (Wildman–Crippen MR) is 85.5 cm³/mol. The third-order valence-electron chi connectivity index (χ3n) is 3.78. The Balaban J connectivity index is 1.72. The van der Waals surface area contributed by atoms with Gasteiger partial charge in [-0.25, -0.2) is 4.68 Å². The molecule has 0 aliphatic carbocycles. The van der Waals surface area contributed by atoms with Crippen molar-refractivity contribution in [3.8, 4) is 5.69 Å². The molecule has 3 rings (SSSR count). The van der Waals surface area contributed by atoms with E-state index in [1.54, 1.807) is 6.20 Å². The van der Waals surface area contributed by atoms with Crippen LogP contribution in [0.25, 0.3) is 5.69 Å². The van der Waals surface area contributed by atoms with Crippen LogP contribution in [-0.4, -0.2) is 31.9 Å². The van der Waals surface area contributed by atoms with Gasteiger partial charge < -0.3 is 0 Å². The van der Waals surface area contributed by atoms with E-state index in [0.29, 0.717) is 0 Å². The van der Waals surface area contributed by atoms with E-state index in [0.717, 1.165) is 17.9 Å². The monoisotopic (exact) mass is 293 g/mol. The zero-order chi connectivity index (χ0) is 15.4. The van der Waals surface area contributed by atoms with Crippen LogP contribution in [0.1, 0.15) is 24.2 Å². The summed E-state index contributed by atoms with van der Waals surface area (Å²) in [5.74, 6) is 0. The summed E-state index contributed by atoms with van der Waals surface area (Å²) >= 11 is 0. The fourth-order valence-corrected chi connectivity index (χ4v) is 2.32. The third-order valence-corrected chi connectivity index (χ3v) is 3.78. The van der Waals surface area contributed by atoms with Crippen molar-refractivity contribution in [3.05, 3.63) is 72.3 Å². The van der Waals surface area contributed by atoms with Gasteiger partial charge in [0.2, 0.25) is 0 Å². The highest BCUT2D eigenvalue weighted by atomic mass is 15.4. The fourth-order valence-electron chi connectivity index (χ4n) is 2.32. The Hall–Kier alpha value is -2.53. The molecule has 0 unspecified atom stereocenters. The molecule has 0 saturated heterocycles. The highest BCUT2D eigenvalue weighted by Gasteiger charge is 2.16. The van der Waals surface area contributed by atoms with Crippen molar-refractivity contribution in [2.45, 2.75) is 19.5 Å². The van der Waals surface area contributed by atoms with E-state index in [1.807, 2.05) is 53.5 Å². The molecule has 0 amide bonds. The second-order valence-corrected chi connectivity index (χ2v) is 5.38. The van der Waals surface area contributed by atoms with Crippen molar-refractivity contribution in [3.63, 3.8) is 0 Å². The minimum absolute atomic E-state index is 0.178. The van der Waals surface area contributed by atoms with E-state index in [4.69, 9.17) is 0 Å². The first kappa shape index (κ1) is 14.4. The van der Waals surface area contributed by atoms with Gasteiger partial charge in [-0.1, -0.05) is 29.5 Å². The summed E-state index contributed by atoms with van der Waals surface area (Å²) in [7, 11) is 2.08. The van der Waals surface area contributed by atoms with Gasteiger partial charge in [-0.15, -0.1) is 5.10 Å². The molecule has 0 bridgehead atoms. The van der Waals surface area contributed by atoms with Gasteiger partial charge in [-0.05, 0) is 37.7 Å². The number of nitrogens with zero attached hydrogens (tertiary/aromatic N) is 5. The van der Waals surface area contributed by atoms with Crippen LogP contribution in [0.4, 0.5) is 0 Å². The molecule has 0 fully saturated rings. The van der Waals surface area contributed by atoms with E-state index in [1.165, 1.54) is 5.56 Å².